The van der Waals surface area contributed by atoms with Crippen LogP contribution in [0.4, 0.5) is 0 Å². The van der Waals surface area contributed by atoms with Crippen molar-refractivity contribution in [2.45, 2.75) is 12.8 Å². The zero-order chi connectivity index (χ0) is 9.42. The average molecular weight is 276 g/mol. The van der Waals surface area contributed by atoms with Gasteiger partial charge in [0.05, 0.1) is 0 Å². The quantitative estimate of drug-likeness (QED) is 0.661. The maximum Gasteiger partial charge on any atom is 0.0485 e. The summed E-state index contributed by atoms with van der Waals surface area (Å²) in [6.07, 6.45) is 0. The first-order chi connectivity index (χ1) is 6.20. The summed E-state index contributed by atoms with van der Waals surface area (Å²) in [7, 11) is 0. The summed E-state index contributed by atoms with van der Waals surface area (Å²) in [4.78, 5) is 1.34. The Morgan fingerprint density at radius 1 is 1.38 bits per heavy atom. The molecule has 1 aromatic carbocycles. The fourth-order valence-electron chi connectivity index (χ4n) is 1.34. The lowest BCUT2D eigenvalue weighted by Crippen LogP contribution is -1.78. The van der Waals surface area contributed by atoms with Crippen LogP contribution in [0.25, 0.3) is 10.1 Å². The van der Waals surface area contributed by atoms with Crippen LogP contribution in [0.2, 0.25) is 0 Å². The first kappa shape index (κ1) is 9.50. The van der Waals surface area contributed by atoms with Gasteiger partial charge in [-0.25, -0.2) is 0 Å². The molecule has 68 valence electrons. The van der Waals surface area contributed by atoms with Gasteiger partial charge >= 0.3 is 0 Å². The van der Waals surface area contributed by atoms with Crippen LogP contribution in [-0.2, 0) is 5.88 Å². The van der Waals surface area contributed by atoms with Gasteiger partial charge in [0.15, 0.2) is 0 Å². The number of halogens is 2. The normalized spacial score (nSPS) is 11.0. The minimum atomic E-state index is 0.561. The maximum absolute atomic E-state index is 5.81. The fourth-order valence-corrected chi connectivity index (χ4v) is 3.31. The van der Waals surface area contributed by atoms with Crippen molar-refractivity contribution in [2.24, 2.45) is 0 Å². The number of benzene rings is 1. The summed E-state index contributed by atoms with van der Waals surface area (Å²) in [5, 5.41) is 1.29. The predicted molar refractivity (Wildman–Crippen MR) is 63.8 cm³/mol. The summed E-state index contributed by atoms with van der Waals surface area (Å²) in [6.45, 7) is 2.12. The summed E-state index contributed by atoms with van der Waals surface area (Å²) in [6, 6.07) is 6.49. The summed E-state index contributed by atoms with van der Waals surface area (Å²) >= 11 is 11.1. The average Bonchev–Trinajstić information content (AvgIpc) is 2.42. The van der Waals surface area contributed by atoms with Crippen LogP contribution in [0.5, 0.6) is 0 Å². The first-order valence-corrected chi connectivity index (χ1v) is 6.09. The summed E-state index contributed by atoms with van der Waals surface area (Å²) in [5.41, 5.74) is 1.16. The zero-order valence-corrected chi connectivity index (χ0v) is 10.3. The van der Waals surface area contributed by atoms with E-state index < -0.39 is 0 Å². The van der Waals surface area contributed by atoms with E-state index in [1.165, 1.54) is 15.0 Å². The van der Waals surface area contributed by atoms with Crippen LogP contribution in [0.1, 0.15) is 10.4 Å². The molecule has 0 aliphatic heterocycles. The number of fused-ring (bicyclic) bond motifs is 1. The topological polar surface area (TPSA) is 0 Å². The van der Waals surface area contributed by atoms with Crippen molar-refractivity contribution in [3.8, 4) is 0 Å². The highest BCUT2D eigenvalue weighted by Crippen LogP contribution is 2.31. The zero-order valence-electron chi connectivity index (χ0n) is 7.10. The second-order valence-electron chi connectivity index (χ2n) is 2.97. The molecule has 0 N–H and O–H groups in total. The lowest BCUT2D eigenvalue weighted by molar-refractivity contribution is 1.40. The molecule has 0 saturated heterocycles. The Morgan fingerprint density at radius 2 is 2.15 bits per heavy atom. The highest BCUT2D eigenvalue weighted by Gasteiger charge is 2.03. The Hall–Kier alpha value is -0.0500. The van der Waals surface area contributed by atoms with E-state index in [2.05, 4.69) is 41.1 Å². The van der Waals surface area contributed by atoms with Crippen molar-refractivity contribution in [3.63, 3.8) is 0 Å². The van der Waals surface area contributed by atoms with Crippen molar-refractivity contribution < 1.29 is 0 Å². The monoisotopic (exact) mass is 274 g/mol. The van der Waals surface area contributed by atoms with Crippen LogP contribution in [0.15, 0.2) is 22.7 Å². The van der Waals surface area contributed by atoms with Crippen LogP contribution in [0, 0.1) is 6.92 Å². The third kappa shape index (κ3) is 1.76. The van der Waals surface area contributed by atoms with Crippen LogP contribution in [0.3, 0.4) is 0 Å². The molecule has 1 heterocycles. The summed E-state index contributed by atoms with van der Waals surface area (Å²) in [5.74, 6) is 0.561. The standard InChI is InChI=1S/C10H8BrClS/c1-6-2-7-3-8(5-12)9(11)4-10(7)13-6/h2-4H,5H2,1H3. The molecule has 0 amide bonds. The van der Waals surface area contributed by atoms with Gasteiger partial charge in [-0.3, -0.25) is 0 Å². The van der Waals surface area contributed by atoms with E-state index in [-0.39, 0.29) is 0 Å². The van der Waals surface area contributed by atoms with Crippen molar-refractivity contribution in [1.29, 1.82) is 0 Å². The Labute approximate surface area is 94.7 Å². The molecule has 0 aliphatic rings. The van der Waals surface area contributed by atoms with E-state index in [1.54, 1.807) is 0 Å². The molecule has 0 aliphatic carbocycles. The number of thiophene rings is 1. The minimum Gasteiger partial charge on any atom is -0.141 e. The number of hydrogen-bond acceptors (Lipinski definition) is 1. The third-order valence-electron chi connectivity index (χ3n) is 1.95. The molecule has 3 heteroatoms. The molecule has 2 rings (SSSR count). The molecular weight excluding hydrogens is 268 g/mol. The van der Waals surface area contributed by atoms with Gasteiger partial charge in [-0.05, 0) is 36.1 Å². The molecule has 13 heavy (non-hydrogen) atoms. The molecule has 0 nitrogen and oxygen atoms in total. The van der Waals surface area contributed by atoms with Gasteiger partial charge < -0.3 is 0 Å². The summed E-state index contributed by atoms with van der Waals surface area (Å²) < 4.78 is 2.43. The molecule has 0 atom stereocenters. The van der Waals surface area contributed by atoms with Crippen LogP contribution < -0.4 is 0 Å². The largest absolute Gasteiger partial charge is 0.141 e. The van der Waals surface area contributed by atoms with E-state index in [9.17, 15) is 0 Å². The lowest BCUT2D eigenvalue weighted by atomic mass is 10.2. The smallest absolute Gasteiger partial charge is 0.0485 e. The second kappa shape index (κ2) is 3.60. The second-order valence-corrected chi connectivity index (χ2v) is 5.38. The number of hydrogen-bond donors (Lipinski definition) is 0. The Morgan fingerprint density at radius 3 is 2.85 bits per heavy atom. The molecule has 1 aromatic heterocycles. The minimum absolute atomic E-state index is 0.561. The molecule has 2 aromatic rings. The van der Waals surface area contributed by atoms with Crippen molar-refractivity contribution in [3.05, 3.63) is 33.1 Å². The van der Waals surface area contributed by atoms with Gasteiger partial charge in [0.2, 0.25) is 0 Å². The van der Waals surface area contributed by atoms with Crippen molar-refractivity contribution in [1.82, 2.24) is 0 Å². The molecule has 0 fully saturated rings. The van der Waals surface area contributed by atoms with Gasteiger partial charge in [0.1, 0.15) is 0 Å². The Kier molecular flexibility index (Phi) is 2.63. The highest BCUT2D eigenvalue weighted by molar-refractivity contribution is 9.10. The van der Waals surface area contributed by atoms with E-state index in [0.29, 0.717) is 5.88 Å². The Bertz CT molecular complexity index is 447. The fraction of sp³-hybridized carbons (Fsp3) is 0.200. The van der Waals surface area contributed by atoms with Gasteiger partial charge in [0, 0.05) is 19.9 Å². The van der Waals surface area contributed by atoms with E-state index in [1.807, 2.05) is 11.3 Å². The van der Waals surface area contributed by atoms with Crippen LogP contribution >= 0.6 is 38.9 Å². The molecule has 0 saturated carbocycles. The van der Waals surface area contributed by atoms with E-state index in [4.69, 9.17) is 11.6 Å². The van der Waals surface area contributed by atoms with E-state index >= 15 is 0 Å². The molecule has 0 unspecified atom stereocenters. The SMILES string of the molecule is Cc1cc2cc(CCl)c(Br)cc2s1. The molecule has 0 bridgehead atoms. The number of alkyl halides is 1. The number of rotatable bonds is 1. The Balaban J connectivity index is 2.72. The van der Waals surface area contributed by atoms with Crippen molar-refractivity contribution >= 4 is 49.0 Å². The molecule has 0 spiro atoms. The van der Waals surface area contributed by atoms with Crippen LogP contribution in [-0.4, -0.2) is 0 Å². The molecule has 0 radical (unpaired) electrons. The predicted octanol–water partition coefficient (Wildman–Crippen LogP) is 4.71. The number of aryl methyl sites for hydroxylation is 1. The van der Waals surface area contributed by atoms with Gasteiger partial charge in [0.25, 0.3) is 0 Å². The molecular formula is C10H8BrClS. The third-order valence-corrected chi connectivity index (χ3v) is 3.99. The first-order valence-electron chi connectivity index (χ1n) is 3.95. The van der Waals surface area contributed by atoms with E-state index in [0.717, 1.165) is 10.0 Å². The lowest BCUT2D eigenvalue weighted by Gasteiger charge is -1.99. The highest BCUT2D eigenvalue weighted by atomic mass is 79.9. The maximum atomic E-state index is 5.81. The van der Waals surface area contributed by atoms with Gasteiger partial charge in [-0.1, -0.05) is 15.9 Å². The van der Waals surface area contributed by atoms with Gasteiger partial charge in [-0.2, -0.15) is 0 Å². The van der Waals surface area contributed by atoms with Gasteiger partial charge in [-0.15, -0.1) is 22.9 Å². The van der Waals surface area contributed by atoms with Crippen molar-refractivity contribution in [2.75, 3.05) is 0 Å².